The maximum absolute atomic E-state index is 9.75. The van der Waals surface area contributed by atoms with Crippen LogP contribution in [0, 0.1) is 5.41 Å². The zero-order valence-electron chi connectivity index (χ0n) is 9.88. The molecule has 2 aromatic carbocycles. The highest BCUT2D eigenvalue weighted by Gasteiger charge is 2.19. The first kappa shape index (κ1) is 12.3. The number of benzene rings is 2. The van der Waals surface area contributed by atoms with Gasteiger partial charge in [0.15, 0.2) is 0 Å². The molecule has 0 amide bonds. The number of para-hydroxylation sites is 1. The monoisotopic (exact) mass is 241 g/mol. The van der Waals surface area contributed by atoms with Crippen molar-refractivity contribution in [3.8, 4) is 5.75 Å². The molecule has 0 bridgehead atoms. The molecule has 3 nitrogen and oxygen atoms in total. The standard InChI is InChI=1S/C15H15NO2/c16-15(12-8-4-5-9-14(12)18)13(10-17)11-6-2-1-3-7-11/h1-9,13,16-18H,10H2. The van der Waals surface area contributed by atoms with Crippen molar-refractivity contribution in [2.75, 3.05) is 6.61 Å². The van der Waals surface area contributed by atoms with Gasteiger partial charge in [-0.05, 0) is 17.7 Å². The van der Waals surface area contributed by atoms with E-state index >= 15 is 0 Å². The fraction of sp³-hybridized carbons (Fsp3) is 0.133. The van der Waals surface area contributed by atoms with E-state index in [2.05, 4.69) is 0 Å². The third-order valence-corrected chi connectivity index (χ3v) is 2.93. The van der Waals surface area contributed by atoms with Gasteiger partial charge in [0.1, 0.15) is 5.75 Å². The van der Waals surface area contributed by atoms with Gasteiger partial charge in [-0.3, -0.25) is 0 Å². The van der Waals surface area contributed by atoms with Crippen molar-refractivity contribution in [3.05, 3.63) is 65.7 Å². The molecular formula is C15H15NO2. The topological polar surface area (TPSA) is 64.3 Å². The van der Waals surface area contributed by atoms with Crippen LogP contribution >= 0.6 is 0 Å². The Balaban J connectivity index is 2.35. The molecule has 0 aliphatic carbocycles. The average molecular weight is 241 g/mol. The minimum Gasteiger partial charge on any atom is -0.507 e. The molecule has 1 unspecified atom stereocenters. The minimum atomic E-state index is -0.417. The molecule has 0 aromatic heterocycles. The summed E-state index contributed by atoms with van der Waals surface area (Å²) in [7, 11) is 0. The summed E-state index contributed by atoms with van der Waals surface area (Å²) in [5, 5.41) is 27.4. The van der Waals surface area contributed by atoms with Crippen molar-refractivity contribution in [3.63, 3.8) is 0 Å². The Hall–Kier alpha value is -2.13. The lowest BCUT2D eigenvalue weighted by Gasteiger charge is -2.17. The van der Waals surface area contributed by atoms with Crippen molar-refractivity contribution in [1.29, 1.82) is 5.41 Å². The van der Waals surface area contributed by atoms with Gasteiger partial charge in [-0.1, -0.05) is 42.5 Å². The highest BCUT2D eigenvalue weighted by atomic mass is 16.3. The number of aliphatic hydroxyl groups is 1. The molecular weight excluding hydrogens is 226 g/mol. The number of phenols is 1. The van der Waals surface area contributed by atoms with E-state index in [0.29, 0.717) is 5.56 Å². The number of nitrogens with one attached hydrogen (secondary N) is 1. The van der Waals surface area contributed by atoms with Gasteiger partial charge in [-0.15, -0.1) is 0 Å². The SMILES string of the molecule is N=C(c1ccccc1O)C(CO)c1ccccc1. The van der Waals surface area contributed by atoms with Crippen molar-refractivity contribution >= 4 is 5.71 Å². The lowest BCUT2D eigenvalue weighted by molar-refractivity contribution is 0.289. The Morgan fingerprint density at radius 2 is 1.61 bits per heavy atom. The van der Waals surface area contributed by atoms with Gasteiger partial charge in [-0.25, -0.2) is 0 Å². The molecule has 18 heavy (non-hydrogen) atoms. The van der Waals surface area contributed by atoms with Gasteiger partial charge in [0.05, 0.1) is 12.3 Å². The molecule has 1 atom stereocenters. The fourth-order valence-corrected chi connectivity index (χ4v) is 1.94. The number of rotatable bonds is 4. The third kappa shape index (κ3) is 2.41. The van der Waals surface area contributed by atoms with Crippen LogP contribution in [0.1, 0.15) is 17.0 Å². The van der Waals surface area contributed by atoms with Gasteiger partial charge in [0, 0.05) is 11.5 Å². The van der Waals surface area contributed by atoms with Gasteiger partial charge < -0.3 is 15.6 Å². The van der Waals surface area contributed by atoms with E-state index in [4.69, 9.17) is 5.41 Å². The van der Waals surface area contributed by atoms with E-state index in [-0.39, 0.29) is 18.1 Å². The van der Waals surface area contributed by atoms with Gasteiger partial charge in [0.25, 0.3) is 0 Å². The first-order valence-corrected chi connectivity index (χ1v) is 5.76. The quantitative estimate of drug-likeness (QED) is 0.720. The van der Waals surface area contributed by atoms with Gasteiger partial charge in [0.2, 0.25) is 0 Å². The Morgan fingerprint density at radius 3 is 2.22 bits per heavy atom. The Labute approximate surface area is 106 Å². The van der Waals surface area contributed by atoms with Crippen molar-refractivity contribution in [2.45, 2.75) is 5.92 Å². The second-order valence-corrected chi connectivity index (χ2v) is 4.08. The molecule has 0 heterocycles. The van der Waals surface area contributed by atoms with E-state index in [1.54, 1.807) is 24.3 Å². The predicted octanol–water partition coefficient (Wildman–Crippen LogP) is 2.54. The summed E-state index contributed by atoms with van der Waals surface area (Å²) in [5.41, 5.74) is 1.55. The molecule has 3 heteroatoms. The largest absolute Gasteiger partial charge is 0.507 e. The molecule has 0 aliphatic rings. The van der Waals surface area contributed by atoms with Crippen LogP contribution in [0.15, 0.2) is 54.6 Å². The summed E-state index contributed by atoms with van der Waals surface area (Å²) >= 11 is 0. The molecule has 0 saturated carbocycles. The number of aromatic hydroxyl groups is 1. The van der Waals surface area contributed by atoms with E-state index in [9.17, 15) is 10.2 Å². The zero-order valence-corrected chi connectivity index (χ0v) is 9.88. The van der Waals surface area contributed by atoms with Gasteiger partial charge >= 0.3 is 0 Å². The normalized spacial score (nSPS) is 12.1. The van der Waals surface area contributed by atoms with Crippen LogP contribution in [-0.2, 0) is 0 Å². The summed E-state index contributed by atoms with van der Waals surface area (Å²) in [6.45, 7) is -0.156. The van der Waals surface area contributed by atoms with Crippen LogP contribution in [0.4, 0.5) is 0 Å². The Bertz CT molecular complexity index is 537. The number of hydrogen-bond acceptors (Lipinski definition) is 3. The summed E-state index contributed by atoms with van der Waals surface area (Å²) in [6, 6.07) is 16.1. The van der Waals surface area contributed by atoms with Crippen LogP contribution < -0.4 is 0 Å². The Morgan fingerprint density at radius 1 is 1.00 bits per heavy atom. The maximum Gasteiger partial charge on any atom is 0.124 e. The molecule has 2 rings (SSSR count). The average Bonchev–Trinajstić information content (AvgIpc) is 2.41. The van der Waals surface area contributed by atoms with Crippen LogP contribution in [0.25, 0.3) is 0 Å². The second-order valence-electron chi connectivity index (χ2n) is 4.08. The van der Waals surface area contributed by atoms with E-state index in [1.807, 2.05) is 30.3 Å². The highest BCUT2D eigenvalue weighted by molar-refractivity contribution is 6.05. The first-order chi connectivity index (χ1) is 8.74. The van der Waals surface area contributed by atoms with E-state index < -0.39 is 5.92 Å². The smallest absolute Gasteiger partial charge is 0.124 e. The van der Waals surface area contributed by atoms with E-state index in [0.717, 1.165) is 5.56 Å². The lowest BCUT2D eigenvalue weighted by Crippen LogP contribution is -2.16. The van der Waals surface area contributed by atoms with Crippen LogP contribution in [-0.4, -0.2) is 22.5 Å². The first-order valence-electron chi connectivity index (χ1n) is 5.76. The molecule has 0 fully saturated rings. The summed E-state index contributed by atoms with van der Waals surface area (Å²) in [6.07, 6.45) is 0. The molecule has 92 valence electrons. The molecule has 2 aromatic rings. The van der Waals surface area contributed by atoms with Crippen LogP contribution in [0.2, 0.25) is 0 Å². The van der Waals surface area contributed by atoms with Crippen molar-refractivity contribution in [2.24, 2.45) is 0 Å². The number of hydrogen-bond donors (Lipinski definition) is 3. The summed E-state index contributed by atoms with van der Waals surface area (Å²) in [5.74, 6) is -0.351. The minimum absolute atomic E-state index is 0.0666. The van der Waals surface area contributed by atoms with Gasteiger partial charge in [-0.2, -0.15) is 0 Å². The number of phenolic OH excluding ortho intramolecular Hbond substituents is 1. The third-order valence-electron chi connectivity index (χ3n) is 2.93. The molecule has 0 spiro atoms. The fourth-order valence-electron chi connectivity index (χ4n) is 1.94. The van der Waals surface area contributed by atoms with Crippen molar-refractivity contribution < 1.29 is 10.2 Å². The highest BCUT2D eigenvalue weighted by Crippen LogP contribution is 2.25. The zero-order chi connectivity index (χ0) is 13.0. The molecule has 0 aliphatic heterocycles. The maximum atomic E-state index is 9.75. The molecule has 0 radical (unpaired) electrons. The summed E-state index contributed by atoms with van der Waals surface area (Å²) < 4.78 is 0. The Kier molecular flexibility index (Phi) is 3.75. The lowest BCUT2D eigenvalue weighted by atomic mass is 9.90. The van der Waals surface area contributed by atoms with Crippen molar-refractivity contribution in [1.82, 2.24) is 0 Å². The number of aliphatic hydroxyl groups excluding tert-OH is 1. The van der Waals surface area contributed by atoms with E-state index in [1.165, 1.54) is 0 Å². The van der Waals surface area contributed by atoms with Crippen LogP contribution in [0.5, 0.6) is 5.75 Å². The molecule has 3 N–H and O–H groups in total. The predicted molar refractivity (Wildman–Crippen MR) is 71.2 cm³/mol. The summed E-state index contributed by atoms with van der Waals surface area (Å²) in [4.78, 5) is 0. The molecule has 0 saturated heterocycles. The van der Waals surface area contributed by atoms with Crippen LogP contribution in [0.3, 0.4) is 0 Å². The second kappa shape index (κ2) is 5.47.